The number of hydrogen-bond donors (Lipinski definition) is 2. The molecule has 1 aromatic heterocycles. The average Bonchev–Trinajstić information content (AvgIpc) is 2.48. The number of nitrogens with one attached hydrogen (secondary N) is 1. The molecular formula is C15H19N3O2S. The van der Waals surface area contributed by atoms with Crippen LogP contribution in [0.2, 0.25) is 0 Å². The lowest BCUT2D eigenvalue weighted by Crippen LogP contribution is -2.28. The van der Waals surface area contributed by atoms with E-state index < -0.39 is 10.0 Å². The predicted octanol–water partition coefficient (Wildman–Crippen LogP) is 1.20. The first-order valence-corrected chi connectivity index (χ1v) is 8.40. The van der Waals surface area contributed by atoms with Crippen molar-refractivity contribution >= 4 is 10.0 Å². The summed E-state index contributed by atoms with van der Waals surface area (Å²) in [7, 11) is -3.37. The van der Waals surface area contributed by atoms with Crippen LogP contribution in [-0.4, -0.2) is 19.9 Å². The Morgan fingerprint density at radius 2 is 1.76 bits per heavy atom. The van der Waals surface area contributed by atoms with Crippen molar-refractivity contribution in [2.75, 3.05) is 6.54 Å². The second-order valence-corrected chi connectivity index (χ2v) is 6.50. The molecule has 0 unspecified atom stereocenters. The first-order chi connectivity index (χ1) is 10.1. The van der Waals surface area contributed by atoms with Gasteiger partial charge in [0.1, 0.15) is 0 Å². The Kier molecular flexibility index (Phi) is 5.44. The van der Waals surface area contributed by atoms with Crippen molar-refractivity contribution in [3.63, 3.8) is 0 Å². The zero-order valence-corrected chi connectivity index (χ0v) is 12.5. The van der Waals surface area contributed by atoms with Crippen molar-refractivity contribution < 1.29 is 8.42 Å². The predicted molar refractivity (Wildman–Crippen MR) is 82.9 cm³/mol. The van der Waals surface area contributed by atoms with Gasteiger partial charge in [-0.3, -0.25) is 4.98 Å². The van der Waals surface area contributed by atoms with E-state index in [2.05, 4.69) is 9.71 Å². The lowest BCUT2D eigenvalue weighted by molar-refractivity contribution is 0.580. The van der Waals surface area contributed by atoms with Crippen molar-refractivity contribution in [2.24, 2.45) is 5.73 Å². The second kappa shape index (κ2) is 7.31. The Labute approximate surface area is 125 Å². The normalized spacial score (nSPS) is 11.5. The van der Waals surface area contributed by atoms with Crippen molar-refractivity contribution in [3.05, 3.63) is 65.5 Å². The number of rotatable bonds is 7. The van der Waals surface area contributed by atoms with Crippen LogP contribution in [0.4, 0.5) is 0 Å². The largest absolute Gasteiger partial charge is 0.326 e. The van der Waals surface area contributed by atoms with Crippen LogP contribution in [0, 0.1) is 0 Å². The summed E-state index contributed by atoms with van der Waals surface area (Å²) in [5.41, 5.74) is 8.08. The first-order valence-electron chi connectivity index (χ1n) is 6.75. The van der Waals surface area contributed by atoms with Gasteiger partial charge in [-0.25, -0.2) is 13.1 Å². The molecule has 0 aliphatic carbocycles. The maximum atomic E-state index is 12.1. The summed E-state index contributed by atoms with van der Waals surface area (Å²) in [5.74, 6) is -0.0530. The molecule has 0 fully saturated rings. The summed E-state index contributed by atoms with van der Waals surface area (Å²) in [6.07, 6.45) is 2.26. The van der Waals surface area contributed by atoms with Gasteiger partial charge in [-0.15, -0.1) is 0 Å². The minimum absolute atomic E-state index is 0.0530. The van der Waals surface area contributed by atoms with Crippen molar-refractivity contribution in [1.82, 2.24) is 9.71 Å². The highest BCUT2D eigenvalue weighted by atomic mass is 32.2. The Balaban J connectivity index is 1.93. The third kappa shape index (κ3) is 4.93. The highest BCUT2D eigenvalue weighted by Crippen LogP contribution is 2.11. The second-order valence-electron chi connectivity index (χ2n) is 4.70. The van der Waals surface area contributed by atoms with Crippen molar-refractivity contribution in [3.8, 4) is 0 Å². The van der Waals surface area contributed by atoms with Crippen molar-refractivity contribution in [1.29, 1.82) is 0 Å². The van der Waals surface area contributed by atoms with Crippen LogP contribution in [0.15, 0.2) is 48.7 Å². The van der Waals surface area contributed by atoms with Crippen LogP contribution in [0.1, 0.15) is 16.8 Å². The van der Waals surface area contributed by atoms with Crippen LogP contribution in [0.25, 0.3) is 0 Å². The third-order valence-electron chi connectivity index (χ3n) is 3.11. The van der Waals surface area contributed by atoms with E-state index in [0.717, 1.165) is 16.8 Å². The van der Waals surface area contributed by atoms with Gasteiger partial charge in [0.05, 0.1) is 5.75 Å². The van der Waals surface area contributed by atoms with Gasteiger partial charge >= 0.3 is 0 Å². The maximum absolute atomic E-state index is 12.1. The molecule has 112 valence electrons. The van der Waals surface area contributed by atoms with E-state index in [1.807, 2.05) is 36.4 Å². The fourth-order valence-corrected chi connectivity index (χ4v) is 3.24. The molecule has 1 heterocycles. The van der Waals surface area contributed by atoms with Gasteiger partial charge < -0.3 is 5.73 Å². The zero-order valence-electron chi connectivity index (χ0n) is 11.7. The van der Waals surface area contributed by atoms with E-state index in [9.17, 15) is 8.42 Å². The monoisotopic (exact) mass is 305 g/mol. The quantitative estimate of drug-likeness (QED) is 0.805. The van der Waals surface area contributed by atoms with Gasteiger partial charge in [0, 0.05) is 31.4 Å². The van der Waals surface area contributed by atoms with Crippen LogP contribution < -0.4 is 10.5 Å². The molecule has 6 heteroatoms. The van der Waals surface area contributed by atoms with Crippen molar-refractivity contribution in [2.45, 2.75) is 18.7 Å². The molecule has 0 atom stereocenters. The molecule has 2 aromatic rings. The molecule has 0 bridgehead atoms. The molecule has 1 aromatic carbocycles. The summed E-state index contributed by atoms with van der Waals surface area (Å²) in [6.45, 7) is 0.670. The molecule has 0 radical (unpaired) electrons. The van der Waals surface area contributed by atoms with Gasteiger partial charge in [0.25, 0.3) is 0 Å². The molecule has 0 aliphatic heterocycles. The number of nitrogens with zero attached hydrogens (tertiary/aromatic N) is 1. The molecule has 0 saturated carbocycles. The number of nitrogens with two attached hydrogens (primary N) is 1. The molecule has 5 nitrogen and oxygen atoms in total. The topological polar surface area (TPSA) is 85.1 Å². The third-order valence-corrected chi connectivity index (χ3v) is 4.45. The molecule has 0 amide bonds. The highest BCUT2D eigenvalue weighted by molar-refractivity contribution is 7.88. The number of benzene rings is 1. The SMILES string of the molecule is NCc1ccccc1CS(=O)(=O)NCCc1ccccn1. The minimum atomic E-state index is -3.37. The van der Waals surface area contributed by atoms with Crippen LogP contribution in [-0.2, 0) is 28.7 Å². The Morgan fingerprint density at radius 1 is 1.05 bits per heavy atom. The minimum Gasteiger partial charge on any atom is -0.326 e. The van der Waals surface area contributed by atoms with Crippen LogP contribution in [0.3, 0.4) is 0 Å². The van der Waals surface area contributed by atoms with Gasteiger partial charge in [-0.1, -0.05) is 30.3 Å². The fraction of sp³-hybridized carbons (Fsp3) is 0.267. The first kappa shape index (κ1) is 15.6. The molecule has 2 rings (SSSR count). The van der Waals surface area contributed by atoms with Crippen LogP contribution in [0.5, 0.6) is 0 Å². The summed E-state index contributed by atoms with van der Waals surface area (Å²) >= 11 is 0. The lowest BCUT2D eigenvalue weighted by Gasteiger charge is -2.09. The Bertz CT molecular complexity index is 672. The summed E-state index contributed by atoms with van der Waals surface area (Å²) < 4.78 is 26.8. The standard InChI is InChI=1S/C15H19N3O2S/c16-11-13-5-1-2-6-14(13)12-21(19,20)18-10-8-15-7-3-4-9-17-15/h1-7,9,18H,8,10-12,16H2. The van der Waals surface area contributed by atoms with E-state index in [1.165, 1.54) is 0 Å². The van der Waals surface area contributed by atoms with Gasteiger partial charge in [-0.05, 0) is 23.3 Å². The number of aromatic nitrogens is 1. The Hall–Kier alpha value is -1.76. The fourth-order valence-electron chi connectivity index (χ4n) is 2.03. The van der Waals surface area contributed by atoms with Gasteiger partial charge in [-0.2, -0.15) is 0 Å². The molecule has 0 spiro atoms. The van der Waals surface area contributed by atoms with E-state index in [0.29, 0.717) is 19.5 Å². The Morgan fingerprint density at radius 3 is 2.43 bits per heavy atom. The van der Waals surface area contributed by atoms with E-state index >= 15 is 0 Å². The molecule has 3 N–H and O–H groups in total. The number of hydrogen-bond acceptors (Lipinski definition) is 4. The average molecular weight is 305 g/mol. The summed E-state index contributed by atoms with van der Waals surface area (Å²) in [5, 5.41) is 0. The molecule has 0 aliphatic rings. The number of sulfonamides is 1. The van der Waals surface area contributed by atoms with Crippen LogP contribution >= 0.6 is 0 Å². The van der Waals surface area contributed by atoms with E-state index in [-0.39, 0.29) is 5.75 Å². The smallest absolute Gasteiger partial charge is 0.215 e. The molecular weight excluding hydrogens is 286 g/mol. The molecule has 21 heavy (non-hydrogen) atoms. The van der Waals surface area contributed by atoms with E-state index in [4.69, 9.17) is 5.73 Å². The number of pyridine rings is 1. The molecule has 0 saturated heterocycles. The van der Waals surface area contributed by atoms with E-state index in [1.54, 1.807) is 12.3 Å². The summed E-state index contributed by atoms with van der Waals surface area (Å²) in [6, 6.07) is 12.9. The summed E-state index contributed by atoms with van der Waals surface area (Å²) in [4.78, 5) is 4.16. The van der Waals surface area contributed by atoms with Gasteiger partial charge in [0.2, 0.25) is 10.0 Å². The van der Waals surface area contributed by atoms with Gasteiger partial charge in [0.15, 0.2) is 0 Å². The zero-order chi connectivity index (χ0) is 15.1. The maximum Gasteiger partial charge on any atom is 0.215 e. The lowest BCUT2D eigenvalue weighted by atomic mass is 10.1. The highest BCUT2D eigenvalue weighted by Gasteiger charge is 2.13.